The number of alkyl halides is 4. The Bertz CT molecular complexity index is 1160. The fraction of sp³-hybridized carbons (Fsp3) is 0.370. The van der Waals surface area contributed by atoms with Crippen molar-refractivity contribution in [3.63, 3.8) is 0 Å². The highest BCUT2D eigenvalue weighted by Gasteiger charge is 2.13. The lowest BCUT2D eigenvalue weighted by Crippen LogP contribution is -2.32. The van der Waals surface area contributed by atoms with Gasteiger partial charge >= 0.3 is 13.2 Å². The van der Waals surface area contributed by atoms with Crippen LogP contribution in [0.2, 0.25) is 0 Å². The van der Waals surface area contributed by atoms with Gasteiger partial charge in [0.15, 0.2) is 0 Å². The summed E-state index contributed by atoms with van der Waals surface area (Å²) >= 11 is 0. The summed E-state index contributed by atoms with van der Waals surface area (Å²) in [5.41, 5.74) is 3.93. The van der Waals surface area contributed by atoms with Crippen molar-refractivity contribution >= 4 is 11.5 Å². The molecule has 2 aromatic rings. The standard InChI is InChI=1S/C27H31F4N3O4/c1-5-16(2)20(12-19-6-8-22(33-14-19)15-34-25(36)18(4)35)7-9-23(37-26(28)29)17(3)21-10-11-32-24(13-21)38-27(30)31/h6-11,13-14,18,26-27,35H,5,12,15H2,1-4H3,(H,34,36)/b9-7-,20-16-,23-17-/t18-/m0/s1. The Balaban J connectivity index is 2.29. The van der Waals surface area contributed by atoms with Gasteiger partial charge in [-0.3, -0.25) is 9.78 Å². The number of allylic oxidation sites excluding steroid dienone is 5. The molecular formula is C27H31F4N3O4. The molecule has 0 radical (unpaired) electrons. The molecular weight excluding hydrogens is 506 g/mol. The molecule has 1 atom stereocenters. The third-order valence-corrected chi connectivity index (χ3v) is 5.58. The molecule has 0 aliphatic carbocycles. The summed E-state index contributed by atoms with van der Waals surface area (Å²) in [6.45, 7) is 0.775. The normalized spacial score (nSPS) is 13.9. The van der Waals surface area contributed by atoms with Crippen LogP contribution in [0.5, 0.6) is 5.88 Å². The molecule has 0 bridgehead atoms. The molecule has 0 aliphatic rings. The fourth-order valence-corrected chi connectivity index (χ4v) is 3.25. The van der Waals surface area contributed by atoms with Crippen molar-refractivity contribution in [3.8, 4) is 5.88 Å². The minimum atomic E-state index is -3.10. The lowest BCUT2D eigenvalue weighted by atomic mass is 9.99. The van der Waals surface area contributed by atoms with Crippen molar-refractivity contribution in [2.75, 3.05) is 0 Å². The number of halogens is 4. The summed E-state index contributed by atoms with van der Waals surface area (Å²) in [4.78, 5) is 19.6. The number of nitrogens with one attached hydrogen (secondary N) is 1. The first-order valence-corrected chi connectivity index (χ1v) is 11.8. The summed E-state index contributed by atoms with van der Waals surface area (Å²) in [7, 11) is 0. The largest absolute Gasteiger partial charge is 0.435 e. The van der Waals surface area contributed by atoms with Crippen molar-refractivity contribution in [1.29, 1.82) is 0 Å². The number of aromatic nitrogens is 2. The van der Waals surface area contributed by atoms with Gasteiger partial charge in [-0.2, -0.15) is 17.6 Å². The predicted octanol–water partition coefficient (Wildman–Crippen LogP) is 5.57. The van der Waals surface area contributed by atoms with Crippen LogP contribution in [0.1, 0.15) is 50.9 Å². The van der Waals surface area contributed by atoms with E-state index in [0.717, 1.165) is 16.7 Å². The van der Waals surface area contributed by atoms with Gasteiger partial charge in [0, 0.05) is 18.5 Å². The van der Waals surface area contributed by atoms with Gasteiger partial charge in [0.05, 0.1) is 12.2 Å². The number of hydrogen-bond donors (Lipinski definition) is 2. The van der Waals surface area contributed by atoms with Crippen LogP contribution in [-0.2, 0) is 22.5 Å². The highest BCUT2D eigenvalue weighted by Crippen LogP contribution is 2.26. The number of ether oxygens (including phenoxy) is 2. The zero-order chi connectivity index (χ0) is 28.2. The minimum Gasteiger partial charge on any atom is -0.435 e. The number of aliphatic hydroxyl groups is 1. The van der Waals surface area contributed by atoms with Crippen LogP contribution in [0.15, 0.2) is 65.7 Å². The second-order valence-electron chi connectivity index (χ2n) is 8.35. The van der Waals surface area contributed by atoms with Gasteiger partial charge in [-0.25, -0.2) is 4.98 Å². The van der Waals surface area contributed by atoms with Gasteiger partial charge in [0.2, 0.25) is 11.8 Å². The predicted molar refractivity (Wildman–Crippen MR) is 134 cm³/mol. The fourth-order valence-electron chi connectivity index (χ4n) is 3.25. The number of hydrogen-bond acceptors (Lipinski definition) is 6. The van der Waals surface area contributed by atoms with E-state index in [4.69, 9.17) is 4.74 Å². The van der Waals surface area contributed by atoms with E-state index in [1.165, 1.54) is 38.3 Å². The molecule has 0 spiro atoms. The van der Waals surface area contributed by atoms with Crippen LogP contribution in [0.25, 0.3) is 5.57 Å². The first kappa shape index (κ1) is 30.5. The Morgan fingerprint density at radius 2 is 1.84 bits per heavy atom. The smallest absolute Gasteiger partial charge is 0.388 e. The number of amides is 1. The Labute approximate surface area is 218 Å². The van der Waals surface area contributed by atoms with E-state index in [0.29, 0.717) is 24.1 Å². The van der Waals surface area contributed by atoms with Crippen molar-refractivity contribution in [3.05, 3.63) is 82.5 Å². The summed E-state index contributed by atoms with van der Waals surface area (Å²) in [6, 6.07) is 6.28. The summed E-state index contributed by atoms with van der Waals surface area (Å²) in [5.74, 6) is -0.988. The highest BCUT2D eigenvalue weighted by molar-refractivity contribution is 5.79. The lowest BCUT2D eigenvalue weighted by Gasteiger charge is -2.13. The maximum atomic E-state index is 13.2. The average Bonchev–Trinajstić information content (AvgIpc) is 2.88. The SMILES string of the molecule is CC/C(C)=C(/C=C\C(OC(F)F)=C(/C)c1ccnc(OC(F)F)c1)Cc1ccc(CNC(=O)[C@H](C)O)nc1. The highest BCUT2D eigenvalue weighted by atomic mass is 19.3. The molecule has 0 aliphatic heterocycles. The molecule has 0 saturated carbocycles. The second-order valence-corrected chi connectivity index (χ2v) is 8.35. The van der Waals surface area contributed by atoms with E-state index in [-0.39, 0.29) is 23.8 Å². The number of carbonyl (C=O) groups excluding carboxylic acids is 1. The molecule has 0 aromatic carbocycles. The van der Waals surface area contributed by atoms with Crippen molar-refractivity contribution in [2.45, 2.75) is 66.4 Å². The lowest BCUT2D eigenvalue weighted by molar-refractivity contribution is -0.128. The number of carbonyl (C=O) groups is 1. The van der Waals surface area contributed by atoms with E-state index in [2.05, 4.69) is 20.0 Å². The van der Waals surface area contributed by atoms with Crippen LogP contribution in [0.4, 0.5) is 17.6 Å². The van der Waals surface area contributed by atoms with Crippen LogP contribution in [0, 0.1) is 0 Å². The zero-order valence-electron chi connectivity index (χ0n) is 21.6. The van der Waals surface area contributed by atoms with Crippen LogP contribution in [-0.4, -0.2) is 40.3 Å². The minimum absolute atomic E-state index is 0.141. The monoisotopic (exact) mass is 537 g/mol. The summed E-state index contributed by atoms with van der Waals surface area (Å²) in [5, 5.41) is 11.8. The van der Waals surface area contributed by atoms with E-state index in [1.54, 1.807) is 18.3 Å². The van der Waals surface area contributed by atoms with Crippen LogP contribution in [0.3, 0.4) is 0 Å². The van der Waals surface area contributed by atoms with E-state index < -0.39 is 25.2 Å². The van der Waals surface area contributed by atoms with Gasteiger partial charge < -0.3 is 19.9 Å². The Morgan fingerprint density at radius 1 is 1.11 bits per heavy atom. The molecule has 0 saturated heterocycles. The third-order valence-electron chi connectivity index (χ3n) is 5.58. The molecule has 1 amide bonds. The summed E-state index contributed by atoms with van der Waals surface area (Å²) in [6.07, 6.45) is 6.02. The molecule has 11 heteroatoms. The molecule has 2 heterocycles. The molecule has 2 aromatic heterocycles. The number of rotatable bonds is 13. The van der Waals surface area contributed by atoms with Gasteiger partial charge in [-0.15, -0.1) is 0 Å². The molecule has 2 N–H and O–H groups in total. The number of nitrogens with zero attached hydrogens (tertiary/aromatic N) is 2. The molecule has 7 nitrogen and oxygen atoms in total. The molecule has 0 fully saturated rings. The number of pyridine rings is 2. The first-order chi connectivity index (χ1) is 18.0. The van der Waals surface area contributed by atoms with Crippen molar-refractivity contribution in [1.82, 2.24) is 15.3 Å². The van der Waals surface area contributed by atoms with Crippen LogP contribution < -0.4 is 10.1 Å². The maximum Gasteiger partial charge on any atom is 0.388 e. The van der Waals surface area contributed by atoms with Gasteiger partial charge in [-0.05, 0) is 74.1 Å². The Kier molecular flexibility index (Phi) is 11.9. The molecule has 2 rings (SSSR count). The Hall–Kier alpha value is -3.73. The quantitative estimate of drug-likeness (QED) is 0.197. The Morgan fingerprint density at radius 3 is 2.42 bits per heavy atom. The average molecular weight is 538 g/mol. The van der Waals surface area contributed by atoms with Gasteiger partial charge in [0.25, 0.3) is 0 Å². The maximum absolute atomic E-state index is 13.2. The van der Waals surface area contributed by atoms with Gasteiger partial charge in [-0.1, -0.05) is 24.6 Å². The summed E-state index contributed by atoms with van der Waals surface area (Å²) < 4.78 is 60.6. The second kappa shape index (κ2) is 14.9. The van der Waals surface area contributed by atoms with Crippen molar-refractivity contribution < 1.29 is 36.9 Å². The van der Waals surface area contributed by atoms with E-state index >= 15 is 0 Å². The van der Waals surface area contributed by atoms with Crippen LogP contribution >= 0.6 is 0 Å². The molecule has 206 valence electrons. The van der Waals surface area contributed by atoms with E-state index in [9.17, 15) is 27.5 Å². The third kappa shape index (κ3) is 9.97. The number of aliphatic hydroxyl groups excluding tert-OH is 1. The van der Waals surface area contributed by atoms with E-state index in [1.807, 2.05) is 19.9 Å². The molecule has 38 heavy (non-hydrogen) atoms. The zero-order valence-corrected chi connectivity index (χ0v) is 21.6. The topological polar surface area (TPSA) is 93.6 Å². The van der Waals surface area contributed by atoms with Gasteiger partial charge in [0.1, 0.15) is 11.9 Å². The molecule has 0 unspecified atom stereocenters. The first-order valence-electron chi connectivity index (χ1n) is 11.8. The van der Waals surface area contributed by atoms with Crippen molar-refractivity contribution in [2.24, 2.45) is 0 Å².